The smallest absolute Gasteiger partial charge is 0.258 e. The molecule has 0 aliphatic carbocycles. The van der Waals surface area contributed by atoms with Crippen LogP contribution in [0.25, 0.3) is 0 Å². The molecule has 146 valence electrons. The fourth-order valence-electron chi connectivity index (χ4n) is 2.88. The van der Waals surface area contributed by atoms with E-state index in [1.54, 1.807) is 0 Å². The summed E-state index contributed by atoms with van der Waals surface area (Å²) in [5, 5.41) is 10.1. The summed E-state index contributed by atoms with van der Waals surface area (Å²) < 4.78 is 62.7. The van der Waals surface area contributed by atoms with E-state index in [1.165, 1.54) is 24.3 Å². The SMILES string of the molecule is N#Cc1ccc(NC(=O)c2cc(S(=O)(=O)[C@H]3CCS(=O)(=O)C3)ccc2F)cc1. The number of amides is 1. The van der Waals surface area contributed by atoms with Crippen LogP contribution >= 0.6 is 0 Å². The molecule has 2 aromatic rings. The predicted molar refractivity (Wildman–Crippen MR) is 99.8 cm³/mol. The quantitative estimate of drug-likeness (QED) is 0.752. The van der Waals surface area contributed by atoms with Crippen LogP contribution in [0.15, 0.2) is 47.4 Å². The van der Waals surface area contributed by atoms with E-state index in [1.807, 2.05) is 6.07 Å². The Morgan fingerprint density at radius 3 is 2.43 bits per heavy atom. The lowest BCUT2D eigenvalue weighted by Crippen LogP contribution is -2.23. The van der Waals surface area contributed by atoms with Crippen molar-refractivity contribution in [2.45, 2.75) is 16.6 Å². The van der Waals surface area contributed by atoms with Gasteiger partial charge in [0.25, 0.3) is 5.91 Å². The summed E-state index contributed by atoms with van der Waals surface area (Å²) in [6.45, 7) is 0. The molecule has 0 spiro atoms. The van der Waals surface area contributed by atoms with E-state index < -0.39 is 48.0 Å². The molecule has 1 amide bonds. The first kappa shape index (κ1) is 20.0. The number of nitrogens with zero attached hydrogens (tertiary/aromatic N) is 1. The van der Waals surface area contributed by atoms with Gasteiger partial charge in [-0.15, -0.1) is 0 Å². The maximum atomic E-state index is 14.1. The molecule has 28 heavy (non-hydrogen) atoms. The maximum Gasteiger partial charge on any atom is 0.258 e. The number of hydrogen-bond acceptors (Lipinski definition) is 6. The lowest BCUT2D eigenvalue weighted by Gasteiger charge is -2.12. The summed E-state index contributed by atoms with van der Waals surface area (Å²) in [7, 11) is -7.45. The number of hydrogen-bond donors (Lipinski definition) is 1. The van der Waals surface area contributed by atoms with Crippen molar-refractivity contribution in [2.24, 2.45) is 0 Å². The van der Waals surface area contributed by atoms with Crippen LogP contribution in [0.4, 0.5) is 10.1 Å². The summed E-state index contributed by atoms with van der Waals surface area (Å²) in [5.41, 5.74) is 0.202. The minimum absolute atomic E-state index is 0.0329. The van der Waals surface area contributed by atoms with E-state index in [0.717, 1.165) is 18.2 Å². The summed E-state index contributed by atoms with van der Waals surface area (Å²) in [6.07, 6.45) is -0.0329. The second kappa shape index (κ2) is 7.33. The number of sulfone groups is 2. The molecule has 1 N–H and O–H groups in total. The highest BCUT2D eigenvalue weighted by Gasteiger charge is 2.38. The summed E-state index contributed by atoms with van der Waals surface area (Å²) in [4.78, 5) is 12.1. The fraction of sp³-hybridized carbons (Fsp3) is 0.222. The molecule has 3 rings (SSSR count). The predicted octanol–water partition coefficient (Wildman–Crippen LogP) is 1.91. The highest BCUT2D eigenvalue weighted by atomic mass is 32.2. The molecule has 10 heteroatoms. The maximum absolute atomic E-state index is 14.1. The van der Waals surface area contributed by atoms with E-state index in [-0.39, 0.29) is 17.1 Å². The van der Waals surface area contributed by atoms with Crippen molar-refractivity contribution in [1.82, 2.24) is 0 Å². The molecule has 2 aromatic carbocycles. The second-order valence-corrected chi connectivity index (χ2v) is 10.8. The Hall–Kier alpha value is -2.77. The molecule has 1 atom stereocenters. The molecular weight excluding hydrogens is 407 g/mol. The molecule has 0 unspecified atom stereocenters. The van der Waals surface area contributed by atoms with Gasteiger partial charge in [0.15, 0.2) is 19.7 Å². The van der Waals surface area contributed by atoms with Crippen molar-refractivity contribution in [3.8, 4) is 6.07 Å². The molecule has 7 nitrogen and oxygen atoms in total. The molecule has 1 saturated heterocycles. The van der Waals surface area contributed by atoms with Crippen LogP contribution < -0.4 is 5.32 Å². The second-order valence-electron chi connectivity index (χ2n) is 6.35. The van der Waals surface area contributed by atoms with Crippen LogP contribution in [0, 0.1) is 17.1 Å². The molecule has 0 bridgehead atoms. The van der Waals surface area contributed by atoms with Crippen molar-refractivity contribution in [3.05, 3.63) is 59.4 Å². The number of rotatable bonds is 4. The van der Waals surface area contributed by atoms with Gasteiger partial charge in [-0.25, -0.2) is 21.2 Å². The topological polar surface area (TPSA) is 121 Å². The van der Waals surface area contributed by atoms with E-state index in [0.29, 0.717) is 11.3 Å². The van der Waals surface area contributed by atoms with Crippen molar-refractivity contribution in [1.29, 1.82) is 5.26 Å². The number of halogens is 1. The first-order chi connectivity index (χ1) is 13.1. The Morgan fingerprint density at radius 2 is 1.86 bits per heavy atom. The van der Waals surface area contributed by atoms with Crippen molar-refractivity contribution in [3.63, 3.8) is 0 Å². The van der Waals surface area contributed by atoms with Gasteiger partial charge in [-0.1, -0.05) is 0 Å². The molecule has 1 aliphatic rings. The van der Waals surface area contributed by atoms with Crippen LogP contribution in [-0.4, -0.2) is 39.5 Å². The third kappa shape index (κ3) is 4.05. The van der Waals surface area contributed by atoms with Crippen LogP contribution in [-0.2, 0) is 19.7 Å². The monoisotopic (exact) mass is 422 g/mol. The zero-order chi connectivity index (χ0) is 20.5. The van der Waals surface area contributed by atoms with Gasteiger partial charge in [0.1, 0.15) is 5.82 Å². The number of benzene rings is 2. The average Bonchev–Trinajstić information content (AvgIpc) is 3.03. The highest BCUT2D eigenvalue weighted by molar-refractivity contribution is 7.96. The lowest BCUT2D eigenvalue weighted by atomic mass is 10.2. The third-order valence-corrected chi connectivity index (χ3v) is 8.58. The molecule has 0 radical (unpaired) electrons. The van der Waals surface area contributed by atoms with Crippen LogP contribution in [0.5, 0.6) is 0 Å². The summed E-state index contributed by atoms with van der Waals surface area (Å²) in [5.74, 6) is -2.48. The average molecular weight is 422 g/mol. The van der Waals surface area contributed by atoms with E-state index >= 15 is 0 Å². The standard InChI is InChI=1S/C18H15FN2O5S2/c19-17-6-5-14(28(25,26)15-7-8-27(23,24)11-15)9-16(17)18(22)21-13-3-1-12(10-20)2-4-13/h1-6,9,15H,7-8,11H2,(H,21,22)/t15-/m0/s1. The zero-order valence-corrected chi connectivity index (χ0v) is 16.1. The first-order valence-corrected chi connectivity index (χ1v) is 11.5. The van der Waals surface area contributed by atoms with Crippen LogP contribution in [0.3, 0.4) is 0 Å². The van der Waals surface area contributed by atoms with Gasteiger partial charge in [0.05, 0.1) is 38.8 Å². The Bertz CT molecular complexity index is 1180. The Kier molecular flexibility index (Phi) is 5.23. The molecule has 0 aromatic heterocycles. The Labute approximate surface area is 161 Å². The van der Waals surface area contributed by atoms with Gasteiger partial charge in [-0.2, -0.15) is 5.26 Å². The lowest BCUT2D eigenvalue weighted by molar-refractivity contribution is 0.102. The number of nitriles is 1. The third-order valence-electron chi connectivity index (χ3n) is 4.41. The molecule has 1 heterocycles. The van der Waals surface area contributed by atoms with Crippen molar-refractivity contribution >= 4 is 31.3 Å². The minimum Gasteiger partial charge on any atom is -0.322 e. The van der Waals surface area contributed by atoms with Gasteiger partial charge in [0, 0.05) is 5.69 Å². The zero-order valence-electron chi connectivity index (χ0n) is 14.4. The minimum atomic E-state index is -4.03. The van der Waals surface area contributed by atoms with Gasteiger partial charge >= 0.3 is 0 Å². The normalized spacial score (nSPS) is 18.4. The summed E-state index contributed by atoms with van der Waals surface area (Å²) >= 11 is 0. The highest BCUT2D eigenvalue weighted by Crippen LogP contribution is 2.27. The van der Waals surface area contributed by atoms with Gasteiger partial charge < -0.3 is 5.32 Å². The van der Waals surface area contributed by atoms with E-state index in [4.69, 9.17) is 5.26 Å². The van der Waals surface area contributed by atoms with Crippen molar-refractivity contribution < 1.29 is 26.0 Å². The molecule has 0 saturated carbocycles. The number of anilines is 1. The van der Waals surface area contributed by atoms with Crippen LogP contribution in [0.1, 0.15) is 22.3 Å². The number of nitrogens with one attached hydrogen (secondary N) is 1. The van der Waals surface area contributed by atoms with Gasteiger partial charge in [0.2, 0.25) is 0 Å². The largest absolute Gasteiger partial charge is 0.322 e. The Morgan fingerprint density at radius 1 is 1.18 bits per heavy atom. The van der Waals surface area contributed by atoms with E-state index in [2.05, 4.69) is 5.32 Å². The van der Waals surface area contributed by atoms with Gasteiger partial charge in [-0.3, -0.25) is 4.79 Å². The summed E-state index contributed by atoms with van der Waals surface area (Å²) in [6, 6.07) is 10.6. The first-order valence-electron chi connectivity index (χ1n) is 8.18. The van der Waals surface area contributed by atoms with Crippen molar-refractivity contribution in [2.75, 3.05) is 16.8 Å². The van der Waals surface area contributed by atoms with Crippen LogP contribution in [0.2, 0.25) is 0 Å². The Balaban J connectivity index is 1.88. The molecule has 1 fully saturated rings. The number of carbonyl (C=O) groups excluding carboxylic acids is 1. The molecule has 1 aliphatic heterocycles. The number of carbonyl (C=O) groups is 1. The molecular formula is C18H15FN2O5S2. The fourth-order valence-corrected chi connectivity index (χ4v) is 7.26. The van der Waals surface area contributed by atoms with E-state index in [9.17, 15) is 26.0 Å². The van der Waals surface area contributed by atoms with Gasteiger partial charge in [-0.05, 0) is 48.9 Å².